The SMILES string of the molecule is Cl.Cl.NC(Cc1c[nH]c2ccccc12)C(=O)NCCCCCCCCCCCCNC[C@H](N)Cc1c[nH]c2ccccc12. The Balaban J connectivity index is 0.00000323. The summed E-state index contributed by atoms with van der Waals surface area (Å²) in [5.74, 6) is -0.0567. The average molecular weight is 632 g/mol. The van der Waals surface area contributed by atoms with Gasteiger partial charge in [0.1, 0.15) is 0 Å². The molecule has 4 rings (SSSR count). The highest BCUT2D eigenvalue weighted by Crippen LogP contribution is 2.20. The lowest BCUT2D eigenvalue weighted by atomic mass is 10.0. The molecule has 0 fully saturated rings. The van der Waals surface area contributed by atoms with Crippen molar-refractivity contribution in [3.63, 3.8) is 0 Å². The van der Waals surface area contributed by atoms with Crippen LogP contribution in [0.4, 0.5) is 0 Å². The summed E-state index contributed by atoms with van der Waals surface area (Å²) in [6.45, 7) is 2.62. The zero-order valence-corrected chi connectivity index (χ0v) is 27.0. The predicted molar refractivity (Wildman–Crippen MR) is 187 cm³/mol. The summed E-state index contributed by atoms with van der Waals surface area (Å²) in [6.07, 6.45) is 18.0. The minimum absolute atomic E-state index is 0. The minimum atomic E-state index is -0.515. The van der Waals surface area contributed by atoms with E-state index < -0.39 is 6.04 Å². The molecule has 4 aromatic rings. The Hall–Kier alpha value is -2.55. The number of H-pyrrole nitrogens is 2. The van der Waals surface area contributed by atoms with Gasteiger partial charge in [-0.05, 0) is 55.5 Å². The molecule has 8 N–H and O–H groups in total. The van der Waals surface area contributed by atoms with Crippen LogP contribution in [0.2, 0.25) is 0 Å². The van der Waals surface area contributed by atoms with Gasteiger partial charge in [-0.3, -0.25) is 4.79 Å². The van der Waals surface area contributed by atoms with Gasteiger partial charge in [-0.2, -0.15) is 0 Å². The molecule has 7 nitrogen and oxygen atoms in total. The van der Waals surface area contributed by atoms with Gasteiger partial charge >= 0.3 is 0 Å². The van der Waals surface area contributed by atoms with E-state index in [1.807, 2.05) is 24.4 Å². The number of benzene rings is 2. The Labute approximate surface area is 269 Å². The molecular formula is C34H52Cl2N6O. The molecule has 0 radical (unpaired) electrons. The molecule has 2 aromatic carbocycles. The number of hydrogen-bond acceptors (Lipinski definition) is 4. The number of rotatable bonds is 20. The largest absolute Gasteiger partial charge is 0.361 e. The van der Waals surface area contributed by atoms with E-state index in [2.05, 4.69) is 57.1 Å². The molecule has 2 atom stereocenters. The lowest BCUT2D eigenvalue weighted by Gasteiger charge is -2.12. The third-order valence-corrected chi connectivity index (χ3v) is 8.09. The summed E-state index contributed by atoms with van der Waals surface area (Å²) in [5, 5.41) is 8.98. The van der Waals surface area contributed by atoms with Crippen molar-refractivity contribution in [3.8, 4) is 0 Å². The highest BCUT2D eigenvalue weighted by molar-refractivity contribution is 5.86. The minimum Gasteiger partial charge on any atom is -0.361 e. The normalized spacial score (nSPS) is 12.5. The highest BCUT2D eigenvalue weighted by Gasteiger charge is 2.15. The quantitative estimate of drug-likeness (QED) is 0.0620. The molecule has 238 valence electrons. The standard InChI is InChI=1S/C34H50N6O.2ClH/c35-28(21-26-23-39-32-17-11-9-15-29(26)32)25-37-19-13-7-5-3-1-2-4-6-8-14-20-38-34(41)31(36)22-27-24-40-33-18-12-10-16-30(27)33;;/h9-12,15-18,23-24,28,31,37,39-40H,1-8,13-14,19-22,25,35-36H2,(H,38,41);2*1H/t28-,31?;;/m1../s1. The number of halogens is 2. The van der Waals surface area contributed by atoms with E-state index in [9.17, 15) is 4.79 Å². The number of carbonyl (C=O) groups is 1. The molecule has 43 heavy (non-hydrogen) atoms. The van der Waals surface area contributed by atoms with Crippen LogP contribution in [0.5, 0.6) is 0 Å². The van der Waals surface area contributed by atoms with Gasteiger partial charge in [0.25, 0.3) is 0 Å². The topological polar surface area (TPSA) is 125 Å². The summed E-state index contributed by atoms with van der Waals surface area (Å²) in [7, 11) is 0. The maximum absolute atomic E-state index is 12.4. The van der Waals surface area contributed by atoms with Crippen molar-refractivity contribution in [2.75, 3.05) is 19.6 Å². The summed E-state index contributed by atoms with van der Waals surface area (Å²) in [4.78, 5) is 19.0. The second-order valence-electron chi connectivity index (χ2n) is 11.5. The number of hydrogen-bond donors (Lipinski definition) is 6. The van der Waals surface area contributed by atoms with Crippen LogP contribution in [0.1, 0.15) is 75.3 Å². The van der Waals surface area contributed by atoms with Gasteiger partial charge in [-0.1, -0.05) is 87.8 Å². The summed E-state index contributed by atoms with van der Waals surface area (Å²) < 4.78 is 0. The van der Waals surface area contributed by atoms with E-state index in [0.29, 0.717) is 13.0 Å². The van der Waals surface area contributed by atoms with Crippen LogP contribution < -0.4 is 22.1 Å². The van der Waals surface area contributed by atoms with Crippen LogP contribution in [0.15, 0.2) is 60.9 Å². The number of amides is 1. The molecule has 0 aliphatic rings. The van der Waals surface area contributed by atoms with E-state index in [1.165, 1.54) is 67.8 Å². The Morgan fingerprint density at radius 2 is 1.12 bits per heavy atom. The van der Waals surface area contributed by atoms with E-state index in [1.54, 1.807) is 0 Å². The smallest absolute Gasteiger partial charge is 0.237 e. The van der Waals surface area contributed by atoms with E-state index in [0.717, 1.165) is 48.8 Å². The Kier molecular flexibility index (Phi) is 17.4. The van der Waals surface area contributed by atoms with Gasteiger partial charge in [0.2, 0.25) is 5.91 Å². The van der Waals surface area contributed by atoms with Gasteiger partial charge in [0, 0.05) is 53.3 Å². The lowest BCUT2D eigenvalue weighted by Crippen LogP contribution is -2.42. The molecule has 0 spiro atoms. The molecular weight excluding hydrogens is 579 g/mol. The summed E-state index contributed by atoms with van der Waals surface area (Å²) in [6, 6.07) is 16.2. The summed E-state index contributed by atoms with van der Waals surface area (Å²) in [5.41, 5.74) is 17.2. The highest BCUT2D eigenvalue weighted by atomic mass is 35.5. The first-order valence-corrected chi connectivity index (χ1v) is 15.7. The van der Waals surface area contributed by atoms with Crippen molar-refractivity contribution in [3.05, 3.63) is 72.1 Å². The Morgan fingerprint density at radius 1 is 0.651 bits per heavy atom. The predicted octanol–water partition coefficient (Wildman–Crippen LogP) is 6.54. The molecule has 9 heteroatoms. The zero-order valence-electron chi connectivity index (χ0n) is 25.4. The average Bonchev–Trinajstić information content (AvgIpc) is 3.59. The van der Waals surface area contributed by atoms with E-state index in [4.69, 9.17) is 11.5 Å². The number of para-hydroxylation sites is 2. The van der Waals surface area contributed by atoms with Gasteiger partial charge in [-0.15, -0.1) is 24.8 Å². The number of fused-ring (bicyclic) bond motifs is 2. The maximum atomic E-state index is 12.4. The van der Waals surface area contributed by atoms with Crippen LogP contribution in [0, 0.1) is 0 Å². The van der Waals surface area contributed by atoms with Crippen LogP contribution in [0.25, 0.3) is 21.8 Å². The second kappa shape index (κ2) is 20.4. The summed E-state index contributed by atoms with van der Waals surface area (Å²) >= 11 is 0. The van der Waals surface area contributed by atoms with Crippen LogP contribution in [-0.2, 0) is 17.6 Å². The third-order valence-electron chi connectivity index (χ3n) is 8.09. The molecule has 0 bridgehead atoms. The fourth-order valence-corrected chi connectivity index (χ4v) is 5.70. The number of carbonyl (C=O) groups excluding carboxylic acids is 1. The Morgan fingerprint density at radius 3 is 1.67 bits per heavy atom. The van der Waals surface area contributed by atoms with Crippen molar-refractivity contribution in [1.82, 2.24) is 20.6 Å². The zero-order chi connectivity index (χ0) is 28.7. The van der Waals surface area contributed by atoms with Crippen molar-refractivity contribution in [2.24, 2.45) is 11.5 Å². The fraction of sp³-hybridized carbons (Fsp3) is 0.500. The number of aromatic amines is 2. The van der Waals surface area contributed by atoms with Crippen LogP contribution >= 0.6 is 24.8 Å². The van der Waals surface area contributed by atoms with Gasteiger partial charge in [-0.25, -0.2) is 0 Å². The first-order valence-electron chi connectivity index (χ1n) is 15.7. The molecule has 2 aromatic heterocycles. The van der Waals surface area contributed by atoms with Crippen molar-refractivity contribution in [1.29, 1.82) is 0 Å². The second-order valence-corrected chi connectivity index (χ2v) is 11.5. The van der Waals surface area contributed by atoms with Crippen molar-refractivity contribution in [2.45, 2.75) is 89.1 Å². The first-order chi connectivity index (χ1) is 20.1. The van der Waals surface area contributed by atoms with Crippen molar-refractivity contribution >= 4 is 52.5 Å². The molecule has 1 unspecified atom stereocenters. The number of nitrogens with one attached hydrogen (secondary N) is 4. The molecule has 1 amide bonds. The molecule has 0 aliphatic carbocycles. The van der Waals surface area contributed by atoms with Crippen LogP contribution in [-0.4, -0.2) is 47.6 Å². The molecule has 0 saturated heterocycles. The lowest BCUT2D eigenvalue weighted by molar-refractivity contribution is -0.122. The maximum Gasteiger partial charge on any atom is 0.237 e. The molecule has 0 saturated carbocycles. The first kappa shape index (κ1) is 36.6. The number of unbranched alkanes of at least 4 members (excludes halogenated alkanes) is 9. The fourth-order valence-electron chi connectivity index (χ4n) is 5.70. The van der Waals surface area contributed by atoms with E-state index >= 15 is 0 Å². The van der Waals surface area contributed by atoms with E-state index in [-0.39, 0.29) is 36.8 Å². The number of nitrogens with two attached hydrogens (primary N) is 2. The third kappa shape index (κ3) is 12.2. The molecule has 2 heterocycles. The number of aromatic nitrogens is 2. The van der Waals surface area contributed by atoms with Gasteiger partial charge in [0.15, 0.2) is 0 Å². The van der Waals surface area contributed by atoms with Gasteiger partial charge < -0.3 is 32.1 Å². The van der Waals surface area contributed by atoms with Crippen molar-refractivity contribution < 1.29 is 4.79 Å². The monoisotopic (exact) mass is 630 g/mol. The molecule has 0 aliphatic heterocycles. The Bertz CT molecular complexity index is 1320. The van der Waals surface area contributed by atoms with Crippen LogP contribution in [0.3, 0.4) is 0 Å². The van der Waals surface area contributed by atoms with Gasteiger partial charge in [0.05, 0.1) is 6.04 Å².